The number of carbonyl (C=O) groups excluding carboxylic acids is 1. The van der Waals surface area contributed by atoms with E-state index in [1.807, 2.05) is 0 Å². The standard InChI is InChI=1S/C15H27NO2/c1-5-8-16-10-13(17)18-12-9-11-6-7-15(12,4)14(11,2)3/h11-12,16H,5-10H2,1-4H3/t11-,12+,15+/m0/s1. The number of fused-ring (bicyclic) bond motifs is 2. The summed E-state index contributed by atoms with van der Waals surface area (Å²) in [5, 5.41) is 3.11. The molecule has 3 atom stereocenters. The van der Waals surface area contributed by atoms with Crippen LogP contribution in [0.4, 0.5) is 0 Å². The molecule has 2 aliphatic rings. The Kier molecular flexibility index (Phi) is 3.72. The zero-order valence-electron chi connectivity index (χ0n) is 12.2. The van der Waals surface area contributed by atoms with Crippen LogP contribution in [-0.2, 0) is 9.53 Å². The number of nitrogens with one attached hydrogen (secondary N) is 1. The molecule has 2 aliphatic carbocycles. The highest BCUT2D eigenvalue weighted by Gasteiger charge is 2.62. The van der Waals surface area contributed by atoms with Crippen LogP contribution < -0.4 is 5.32 Å². The fourth-order valence-corrected chi connectivity index (χ4v) is 3.88. The minimum absolute atomic E-state index is 0.0852. The molecule has 3 nitrogen and oxygen atoms in total. The van der Waals surface area contributed by atoms with Gasteiger partial charge in [-0.25, -0.2) is 0 Å². The normalized spacial score (nSPS) is 36.9. The maximum atomic E-state index is 11.8. The summed E-state index contributed by atoms with van der Waals surface area (Å²) >= 11 is 0. The third-order valence-electron chi connectivity index (χ3n) is 5.68. The lowest BCUT2D eigenvalue weighted by atomic mass is 9.70. The summed E-state index contributed by atoms with van der Waals surface area (Å²) in [6.45, 7) is 10.3. The molecular weight excluding hydrogens is 226 g/mol. The first-order valence-electron chi connectivity index (χ1n) is 7.32. The van der Waals surface area contributed by atoms with Crippen LogP contribution in [0, 0.1) is 16.7 Å². The maximum Gasteiger partial charge on any atom is 0.320 e. The highest BCUT2D eigenvalue weighted by atomic mass is 16.5. The Morgan fingerprint density at radius 1 is 1.39 bits per heavy atom. The van der Waals surface area contributed by atoms with Crippen LogP contribution in [0.25, 0.3) is 0 Å². The molecule has 0 saturated heterocycles. The lowest BCUT2D eigenvalue weighted by Crippen LogP contribution is -2.40. The molecule has 1 N–H and O–H groups in total. The van der Waals surface area contributed by atoms with E-state index in [0.29, 0.717) is 12.0 Å². The third-order valence-corrected chi connectivity index (χ3v) is 5.68. The van der Waals surface area contributed by atoms with Crippen LogP contribution >= 0.6 is 0 Å². The Hall–Kier alpha value is -0.570. The lowest BCUT2D eigenvalue weighted by Gasteiger charge is -2.38. The molecule has 18 heavy (non-hydrogen) atoms. The van der Waals surface area contributed by atoms with Crippen molar-refractivity contribution in [1.82, 2.24) is 5.32 Å². The SMILES string of the molecule is CCCNCC(=O)O[C@@H]1C[C@@H]2CC[C@@]1(C)C2(C)C. The summed E-state index contributed by atoms with van der Waals surface area (Å²) in [7, 11) is 0. The van der Waals surface area contributed by atoms with Crippen LogP contribution in [0.5, 0.6) is 0 Å². The molecule has 0 aromatic rings. The number of rotatable bonds is 5. The van der Waals surface area contributed by atoms with Gasteiger partial charge in [-0.1, -0.05) is 27.7 Å². The van der Waals surface area contributed by atoms with Gasteiger partial charge < -0.3 is 10.1 Å². The molecule has 0 unspecified atom stereocenters. The minimum atomic E-state index is -0.0852. The summed E-state index contributed by atoms with van der Waals surface area (Å²) in [4.78, 5) is 11.8. The predicted octanol–water partition coefficient (Wildman–Crippen LogP) is 2.74. The monoisotopic (exact) mass is 253 g/mol. The van der Waals surface area contributed by atoms with E-state index in [4.69, 9.17) is 4.74 Å². The van der Waals surface area contributed by atoms with Gasteiger partial charge in [0.25, 0.3) is 0 Å². The van der Waals surface area contributed by atoms with Gasteiger partial charge in [0.15, 0.2) is 0 Å². The van der Waals surface area contributed by atoms with E-state index < -0.39 is 0 Å². The minimum Gasteiger partial charge on any atom is -0.461 e. The van der Waals surface area contributed by atoms with Crippen molar-refractivity contribution in [2.24, 2.45) is 16.7 Å². The Balaban J connectivity index is 1.90. The predicted molar refractivity (Wildman–Crippen MR) is 72.3 cm³/mol. The van der Waals surface area contributed by atoms with Gasteiger partial charge in [-0.2, -0.15) is 0 Å². The van der Waals surface area contributed by atoms with Gasteiger partial charge in [-0.3, -0.25) is 4.79 Å². The van der Waals surface area contributed by atoms with Crippen molar-refractivity contribution >= 4 is 5.97 Å². The summed E-state index contributed by atoms with van der Waals surface area (Å²) in [5.41, 5.74) is 0.493. The zero-order valence-corrected chi connectivity index (χ0v) is 12.2. The van der Waals surface area contributed by atoms with Crippen LogP contribution in [0.1, 0.15) is 53.4 Å². The fourth-order valence-electron chi connectivity index (χ4n) is 3.88. The Morgan fingerprint density at radius 2 is 2.11 bits per heavy atom. The number of hydrogen-bond donors (Lipinski definition) is 1. The summed E-state index contributed by atoms with van der Waals surface area (Å²) in [6.07, 6.45) is 4.73. The van der Waals surface area contributed by atoms with Crippen LogP contribution in [0.2, 0.25) is 0 Å². The van der Waals surface area contributed by atoms with Gasteiger partial charge in [0, 0.05) is 5.41 Å². The van der Waals surface area contributed by atoms with Crippen molar-refractivity contribution in [2.45, 2.75) is 59.5 Å². The van der Waals surface area contributed by atoms with Gasteiger partial charge >= 0.3 is 5.97 Å². The molecule has 2 saturated carbocycles. The average molecular weight is 253 g/mol. The molecule has 0 spiro atoms. The number of ether oxygens (including phenoxy) is 1. The topological polar surface area (TPSA) is 38.3 Å². The maximum absolute atomic E-state index is 11.8. The quantitative estimate of drug-likeness (QED) is 0.605. The molecule has 2 bridgehead atoms. The molecule has 2 rings (SSSR count). The number of esters is 1. The fraction of sp³-hybridized carbons (Fsp3) is 0.933. The van der Waals surface area contributed by atoms with Crippen molar-refractivity contribution < 1.29 is 9.53 Å². The van der Waals surface area contributed by atoms with Crippen LogP contribution in [0.15, 0.2) is 0 Å². The second-order valence-electron chi connectivity index (χ2n) is 6.77. The van der Waals surface area contributed by atoms with Crippen LogP contribution in [0.3, 0.4) is 0 Å². The second kappa shape index (κ2) is 4.84. The Labute approximate surface area is 111 Å². The molecule has 0 aliphatic heterocycles. The first kappa shape index (κ1) is 13.9. The van der Waals surface area contributed by atoms with Crippen molar-refractivity contribution in [2.75, 3.05) is 13.1 Å². The first-order chi connectivity index (χ1) is 8.41. The van der Waals surface area contributed by atoms with Gasteiger partial charge in [0.05, 0.1) is 6.54 Å². The molecule has 3 heteroatoms. The Bertz CT molecular complexity index is 326. The molecule has 0 radical (unpaired) electrons. The average Bonchev–Trinajstić information content (AvgIpc) is 2.62. The number of carbonyl (C=O) groups is 1. The molecule has 104 valence electrons. The van der Waals surface area contributed by atoms with Crippen molar-refractivity contribution in [3.63, 3.8) is 0 Å². The lowest BCUT2D eigenvalue weighted by molar-refractivity contribution is -0.155. The number of hydrogen-bond acceptors (Lipinski definition) is 3. The smallest absolute Gasteiger partial charge is 0.320 e. The molecular formula is C15H27NO2. The van der Waals surface area contributed by atoms with Crippen molar-refractivity contribution in [1.29, 1.82) is 0 Å². The van der Waals surface area contributed by atoms with Gasteiger partial charge in [0.2, 0.25) is 0 Å². The molecule has 2 fully saturated rings. The largest absolute Gasteiger partial charge is 0.461 e. The van der Waals surface area contributed by atoms with Crippen LogP contribution in [-0.4, -0.2) is 25.2 Å². The molecule has 0 amide bonds. The van der Waals surface area contributed by atoms with E-state index in [-0.39, 0.29) is 17.5 Å². The van der Waals surface area contributed by atoms with Gasteiger partial charge in [0.1, 0.15) is 6.10 Å². The molecule has 0 aromatic heterocycles. The van der Waals surface area contributed by atoms with E-state index >= 15 is 0 Å². The van der Waals surface area contributed by atoms with Crippen molar-refractivity contribution in [3.8, 4) is 0 Å². The van der Waals surface area contributed by atoms with Gasteiger partial charge in [-0.05, 0) is 43.6 Å². The van der Waals surface area contributed by atoms with E-state index in [1.54, 1.807) is 0 Å². The third kappa shape index (κ3) is 2.07. The molecule has 0 heterocycles. The zero-order chi connectivity index (χ0) is 13.4. The summed E-state index contributed by atoms with van der Waals surface area (Å²) in [5.74, 6) is 0.641. The van der Waals surface area contributed by atoms with E-state index in [9.17, 15) is 4.79 Å². The highest BCUT2D eigenvalue weighted by molar-refractivity contribution is 5.72. The Morgan fingerprint density at radius 3 is 2.61 bits per heavy atom. The summed E-state index contributed by atoms with van der Waals surface area (Å²) in [6, 6.07) is 0. The van der Waals surface area contributed by atoms with E-state index in [1.165, 1.54) is 12.8 Å². The molecule has 0 aromatic carbocycles. The van der Waals surface area contributed by atoms with Crippen molar-refractivity contribution in [3.05, 3.63) is 0 Å². The highest BCUT2D eigenvalue weighted by Crippen LogP contribution is 2.66. The summed E-state index contributed by atoms with van der Waals surface area (Å²) < 4.78 is 5.73. The van der Waals surface area contributed by atoms with E-state index in [2.05, 4.69) is 33.0 Å². The van der Waals surface area contributed by atoms with Gasteiger partial charge in [-0.15, -0.1) is 0 Å². The second-order valence-corrected chi connectivity index (χ2v) is 6.77. The van der Waals surface area contributed by atoms with E-state index in [0.717, 1.165) is 25.3 Å². The first-order valence-corrected chi connectivity index (χ1v) is 7.32.